The molecule has 166 valence electrons. The van der Waals surface area contributed by atoms with E-state index in [-0.39, 0.29) is 18.0 Å². The van der Waals surface area contributed by atoms with Crippen LogP contribution in [0.5, 0.6) is 5.75 Å². The van der Waals surface area contributed by atoms with Crippen molar-refractivity contribution in [1.29, 1.82) is 0 Å². The number of ether oxygens (including phenoxy) is 1. The minimum atomic E-state index is -0.294. The number of anilines is 1. The number of methoxy groups -OCH3 is 1. The van der Waals surface area contributed by atoms with E-state index >= 15 is 0 Å². The van der Waals surface area contributed by atoms with Crippen LogP contribution in [-0.4, -0.2) is 40.6 Å². The van der Waals surface area contributed by atoms with Crippen molar-refractivity contribution in [3.8, 4) is 5.75 Å². The summed E-state index contributed by atoms with van der Waals surface area (Å²) >= 11 is 1.53. The number of hydrogen-bond acceptors (Lipinski definition) is 6. The van der Waals surface area contributed by atoms with E-state index in [9.17, 15) is 9.59 Å². The number of hydrogen-bond donors (Lipinski definition) is 1. The highest BCUT2D eigenvalue weighted by molar-refractivity contribution is 7.18. The zero-order valence-electron chi connectivity index (χ0n) is 19.0. The predicted octanol–water partition coefficient (Wildman–Crippen LogP) is 3.87. The first-order chi connectivity index (χ1) is 14.8. The molecule has 0 bridgehead atoms. The van der Waals surface area contributed by atoms with Gasteiger partial charge in [-0.25, -0.2) is 4.98 Å². The maximum absolute atomic E-state index is 13.4. The van der Waals surface area contributed by atoms with Crippen LogP contribution in [0.3, 0.4) is 0 Å². The summed E-state index contributed by atoms with van der Waals surface area (Å²) < 4.78 is 6.87. The van der Waals surface area contributed by atoms with Gasteiger partial charge in [0.15, 0.2) is 0 Å². The van der Waals surface area contributed by atoms with Gasteiger partial charge in [0.05, 0.1) is 24.7 Å². The van der Waals surface area contributed by atoms with E-state index in [1.165, 1.54) is 15.9 Å². The number of carbonyl (C=O) groups excluding carboxylic acids is 1. The molecule has 7 nitrogen and oxygen atoms in total. The van der Waals surface area contributed by atoms with Gasteiger partial charge in [0.25, 0.3) is 5.56 Å². The third-order valence-corrected chi connectivity index (χ3v) is 6.66. The summed E-state index contributed by atoms with van der Waals surface area (Å²) in [7, 11) is 1.56. The highest BCUT2D eigenvalue weighted by Gasteiger charge is 2.20. The second-order valence-electron chi connectivity index (χ2n) is 7.60. The van der Waals surface area contributed by atoms with Crippen LogP contribution in [0.4, 0.5) is 5.69 Å². The Morgan fingerprint density at radius 1 is 1.23 bits per heavy atom. The molecule has 0 radical (unpaired) electrons. The molecule has 0 saturated heterocycles. The summed E-state index contributed by atoms with van der Waals surface area (Å²) in [4.78, 5) is 35.1. The third-order valence-electron chi connectivity index (χ3n) is 5.56. The second-order valence-corrected chi connectivity index (χ2v) is 8.80. The van der Waals surface area contributed by atoms with Crippen LogP contribution in [0.25, 0.3) is 10.2 Å². The number of nitrogens with one attached hydrogen (secondary N) is 1. The molecule has 0 aliphatic carbocycles. The van der Waals surface area contributed by atoms with Crippen LogP contribution in [0.1, 0.15) is 35.7 Å². The van der Waals surface area contributed by atoms with Gasteiger partial charge in [-0.05, 0) is 57.1 Å². The zero-order valence-corrected chi connectivity index (χ0v) is 19.9. The van der Waals surface area contributed by atoms with E-state index in [1.807, 2.05) is 39.0 Å². The number of thiophene rings is 1. The van der Waals surface area contributed by atoms with Crippen molar-refractivity contribution in [2.24, 2.45) is 0 Å². The second kappa shape index (κ2) is 9.62. The van der Waals surface area contributed by atoms with Gasteiger partial charge in [-0.1, -0.05) is 19.9 Å². The molecule has 0 spiro atoms. The number of aromatic nitrogens is 2. The lowest BCUT2D eigenvalue weighted by atomic mass is 10.2. The van der Waals surface area contributed by atoms with Gasteiger partial charge < -0.3 is 10.1 Å². The number of rotatable bonds is 8. The topological polar surface area (TPSA) is 76.5 Å². The molecule has 0 atom stereocenters. The first-order valence-electron chi connectivity index (χ1n) is 10.4. The maximum atomic E-state index is 13.4. The lowest BCUT2D eigenvalue weighted by molar-refractivity contribution is -0.116. The predicted molar refractivity (Wildman–Crippen MR) is 126 cm³/mol. The molecule has 1 amide bonds. The zero-order chi connectivity index (χ0) is 22.7. The van der Waals surface area contributed by atoms with Crippen LogP contribution < -0.4 is 15.6 Å². The lowest BCUT2D eigenvalue weighted by Gasteiger charge is -2.20. The molecule has 1 N–H and O–H groups in total. The monoisotopic (exact) mass is 442 g/mol. The van der Waals surface area contributed by atoms with Crippen molar-refractivity contribution in [3.05, 3.63) is 50.4 Å². The third kappa shape index (κ3) is 4.80. The number of fused-ring (bicyclic) bond motifs is 1. The number of amides is 1. The van der Waals surface area contributed by atoms with E-state index in [0.717, 1.165) is 33.9 Å². The Morgan fingerprint density at radius 3 is 2.58 bits per heavy atom. The molecular formula is C23H30N4O3S. The Hall–Kier alpha value is -2.71. The molecule has 8 heteroatoms. The maximum Gasteiger partial charge on any atom is 0.263 e. The molecular weight excluding hydrogens is 412 g/mol. The average Bonchev–Trinajstić information content (AvgIpc) is 3.02. The van der Waals surface area contributed by atoms with E-state index in [1.54, 1.807) is 7.11 Å². The number of carbonyl (C=O) groups is 1. The number of benzene rings is 1. The van der Waals surface area contributed by atoms with E-state index in [4.69, 9.17) is 9.72 Å². The quantitative estimate of drug-likeness (QED) is 0.573. The van der Waals surface area contributed by atoms with Gasteiger partial charge in [-0.2, -0.15) is 0 Å². The van der Waals surface area contributed by atoms with Gasteiger partial charge >= 0.3 is 0 Å². The van der Waals surface area contributed by atoms with Crippen LogP contribution in [0.15, 0.2) is 23.0 Å². The standard InChI is InChI=1S/C23H30N4O3S/c1-7-26(8-2)12-19-25-22-21(15(4)16(5)31-22)23(29)27(19)13-20(28)24-17-11-14(3)9-10-18(17)30-6/h9-11H,7-8,12-13H2,1-6H3,(H,24,28). The van der Waals surface area contributed by atoms with Gasteiger partial charge in [-0.3, -0.25) is 19.1 Å². The molecule has 0 aliphatic rings. The molecule has 3 rings (SSSR count). The molecule has 1 aromatic carbocycles. The van der Waals surface area contributed by atoms with Gasteiger partial charge in [0, 0.05) is 4.88 Å². The van der Waals surface area contributed by atoms with Crippen molar-refractivity contribution < 1.29 is 9.53 Å². The Labute approximate surface area is 186 Å². The summed E-state index contributed by atoms with van der Waals surface area (Å²) in [6, 6.07) is 5.58. The minimum Gasteiger partial charge on any atom is -0.495 e. The van der Waals surface area contributed by atoms with Crippen molar-refractivity contribution in [3.63, 3.8) is 0 Å². The fourth-order valence-electron chi connectivity index (χ4n) is 3.55. The largest absolute Gasteiger partial charge is 0.495 e. The summed E-state index contributed by atoms with van der Waals surface area (Å²) in [5.74, 6) is 0.888. The summed E-state index contributed by atoms with van der Waals surface area (Å²) in [6.45, 7) is 12.1. The SMILES string of the molecule is CCN(CC)Cc1nc2sc(C)c(C)c2c(=O)n1CC(=O)Nc1cc(C)ccc1OC. The smallest absolute Gasteiger partial charge is 0.263 e. The number of nitrogens with zero attached hydrogens (tertiary/aromatic N) is 3. The van der Waals surface area contributed by atoms with Crippen LogP contribution in [0, 0.1) is 20.8 Å². The van der Waals surface area contributed by atoms with Crippen LogP contribution in [-0.2, 0) is 17.9 Å². The highest BCUT2D eigenvalue weighted by Crippen LogP contribution is 2.27. The molecule has 31 heavy (non-hydrogen) atoms. The lowest BCUT2D eigenvalue weighted by Crippen LogP contribution is -2.34. The van der Waals surface area contributed by atoms with Crippen LogP contribution in [0.2, 0.25) is 0 Å². The normalized spacial score (nSPS) is 11.3. The molecule has 3 aromatic rings. The van der Waals surface area contributed by atoms with E-state index in [0.29, 0.717) is 29.2 Å². The van der Waals surface area contributed by atoms with Crippen molar-refractivity contribution in [2.75, 3.05) is 25.5 Å². The molecule has 0 unspecified atom stereocenters. The highest BCUT2D eigenvalue weighted by atomic mass is 32.1. The Kier molecular flexibility index (Phi) is 7.12. The first-order valence-corrected chi connectivity index (χ1v) is 11.3. The fourth-order valence-corrected chi connectivity index (χ4v) is 4.59. The first kappa shape index (κ1) is 23.0. The van der Waals surface area contributed by atoms with E-state index in [2.05, 4.69) is 24.1 Å². The fraction of sp³-hybridized carbons (Fsp3) is 0.435. The molecule has 0 aliphatic heterocycles. The Bertz CT molecular complexity index is 1160. The van der Waals surface area contributed by atoms with Crippen LogP contribution >= 0.6 is 11.3 Å². The summed E-state index contributed by atoms with van der Waals surface area (Å²) in [5.41, 5.74) is 2.35. The van der Waals surface area contributed by atoms with Gasteiger partial charge in [-0.15, -0.1) is 11.3 Å². The summed E-state index contributed by atoms with van der Waals surface area (Å²) in [6.07, 6.45) is 0. The van der Waals surface area contributed by atoms with Crippen molar-refractivity contribution in [1.82, 2.24) is 14.5 Å². The summed E-state index contributed by atoms with van der Waals surface area (Å²) in [5, 5.41) is 3.50. The minimum absolute atomic E-state index is 0.107. The Morgan fingerprint density at radius 2 is 1.94 bits per heavy atom. The van der Waals surface area contributed by atoms with Crippen molar-refractivity contribution in [2.45, 2.75) is 47.7 Å². The number of aryl methyl sites for hydroxylation is 3. The Balaban J connectivity index is 2.02. The van der Waals surface area contributed by atoms with E-state index < -0.39 is 0 Å². The molecule has 0 saturated carbocycles. The van der Waals surface area contributed by atoms with Crippen molar-refractivity contribution >= 4 is 33.1 Å². The molecule has 2 heterocycles. The average molecular weight is 443 g/mol. The van der Waals surface area contributed by atoms with Gasteiger partial charge in [0.1, 0.15) is 22.9 Å². The van der Waals surface area contributed by atoms with Gasteiger partial charge in [0.2, 0.25) is 5.91 Å². The molecule has 0 fully saturated rings. The molecule has 2 aromatic heterocycles.